The molecule has 2 atom stereocenters. The lowest BCUT2D eigenvalue weighted by Crippen LogP contribution is -2.23. The number of rotatable bonds is 5. The molecule has 138 valence electrons. The monoisotopic (exact) mass is 432 g/mol. The molecule has 0 saturated heterocycles. The van der Waals surface area contributed by atoms with Crippen molar-refractivity contribution in [2.45, 2.75) is 45.9 Å². The number of carbonyl (C=O) groups excluding carboxylic acids is 1. The molecule has 0 aliphatic heterocycles. The standard InChI is InChI=1S/C11H8BrClN2O2.C6H14O2/c1-6(16)4-15-5-14-10-3-8(12)9(13)2-7(10)11(15)17;1-4-6(7)5(2)8-3/h2-3,5H,4H2,1H3;5-7H,4H2,1-3H3/t;5-,6+/m.1/s1. The normalized spacial score (nSPS) is 13.1. The molecule has 8 heteroatoms. The van der Waals surface area contributed by atoms with Crippen molar-refractivity contribution in [2.24, 2.45) is 0 Å². The van der Waals surface area contributed by atoms with Gasteiger partial charge in [0.05, 0.1) is 41.0 Å². The Morgan fingerprint density at radius 2 is 2.12 bits per heavy atom. The number of aliphatic hydroxyl groups excluding tert-OH is 1. The van der Waals surface area contributed by atoms with Gasteiger partial charge in [-0.05, 0) is 48.3 Å². The van der Waals surface area contributed by atoms with Gasteiger partial charge in [-0.3, -0.25) is 14.2 Å². The van der Waals surface area contributed by atoms with E-state index in [4.69, 9.17) is 21.4 Å². The molecule has 25 heavy (non-hydrogen) atoms. The van der Waals surface area contributed by atoms with E-state index in [0.717, 1.165) is 6.42 Å². The second kappa shape index (κ2) is 10.0. The molecule has 1 N–H and O–H groups in total. The van der Waals surface area contributed by atoms with E-state index in [1.165, 1.54) is 17.8 Å². The van der Waals surface area contributed by atoms with Crippen LogP contribution in [0.15, 0.2) is 27.7 Å². The number of fused-ring (bicyclic) bond motifs is 1. The Morgan fingerprint density at radius 1 is 1.48 bits per heavy atom. The minimum Gasteiger partial charge on any atom is -0.390 e. The minimum absolute atomic E-state index is 0.0233. The molecule has 6 nitrogen and oxygen atoms in total. The lowest BCUT2D eigenvalue weighted by atomic mass is 10.2. The van der Waals surface area contributed by atoms with Gasteiger partial charge in [-0.1, -0.05) is 18.5 Å². The molecule has 1 aromatic carbocycles. The lowest BCUT2D eigenvalue weighted by Gasteiger charge is -2.14. The van der Waals surface area contributed by atoms with E-state index in [1.54, 1.807) is 19.2 Å². The summed E-state index contributed by atoms with van der Waals surface area (Å²) >= 11 is 9.19. The molecule has 0 spiro atoms. The van der Waals surface area contributed by atoms with Gasteiger partial charge in [0.2, 0.25) is 0 Å². The molecular formula is C17H22BrClN2O4. The molecular weight excluding hydrogens is 412 g/mol. The molecule has 0 amide bonds. The van der Waals surface area contributed by atoms with E-state index in [-0.39, 0.29) is 30.1 Å². The van der Waals surface area contributed by atoms with Crippen LogP contribution in [0.3, 0.4) is 0 Å². The first kappa shape index (κ1) is 21.8. The van der Waals surface area contributed by atoms with Gasteiger partial charge in [0, 0.05) is 11.6 Å². The fourth-order valence-electron chi connectivity index (χ4n) is 2.00. The van der Waals surface area contributed by atoms with Gasteiger partial charge in [0.15, 0.2) is 0 Å². The molecule has 1 aromatic heterocycles. The zero-order valence-corrected chi connectivity index (χ0v) is 17.0. The van der Waals surface area contributed by atoms with Crippen LogP contribution in [0.5, 0.6) is 0 Å². The van der Waals surface area contributed by atoms with Gasteiger partial charge in [0.25, 0.3) is 5.56 Å². The number of hydrogen-bond donors (Lipinski definition) is 1. The minimum atomic E-state index is -0.306. The first-order chi connectivity index (χ1) is 11.7. The predicted molar refractivity (Wildman–Crippen MR) is 102 cm³/mol. The number of aliphatic hydroxyl groups is 1. The molecule has 0 fully saturated rings. The first-order valence-electron chi connectivity index (χ1n) is 7.75. The highest BCUT2D eigenvalue weighted by Crippen LogP contribution is 2.25. The van der Waals surface area contributed by atoms with E-state index in [2.05, 4.69) is 20.9 Å². The summed E-state index contributed by atoms with van der Waals surface area (Å²) in [6.07, 6.45) is 1.79. The average molecular weight is 434 g/mol. The van der Waals surface area contributed by atoms with Crippen LogP contribution < -0.4 is 5.56 Å². The van der Waals surface area contributed by atoms with E-state index >= 15 is 0 Å². The van der Waals surface area contributed by atoms with Crippen LogP contribution in [0.1, 0.15) is 27.2 Å². The Bertz CT molecular complexity index is 786. The Balaban J connectivity index is 0.000000333. The number of nitrogens with zero attached hydrogens (tertiary/aromatic N) is 2. The maximum atomic E-state index is 12.0. The van der Waals surface area contributed by atoms with Crippen LogP contribution in [-0.4, -0.2) is 39.8 Å². The number of methoxy groups -OCH3 is 1. The van der Waals surface area contributed by atoms with Crippen molar-refractivity contribution >= 4 is 44.2 Å². The molecule has 2 aromatic rings. The highest BCUT2D eigenvalue weighted by molar-refractivity contribution is 9.10. The second-order valence-electron chi connectivity index (χ2n) is 5.58. The zero-order valence-electron chi connectivity index (χ0n) is 14.6. The van der Waals surface area contributed by atoms with Crippen LogP contribution in [-0.2, 0) is 16.1 Å². The van der Waals surface area contributed by atoms with Crippen LogP contribution in [0.25, 0.3) is 10.9 Å². The molecule has 0 aliphatic carbocycles. The summed E-state index contributed by atoms with van der Waals surface area (Å²) in [6, 6.07) is 3.23. The second-order valence-corrected chi connectivity index (χ2v) is 6.84. The quantitative estimate of drug-likeness (QED) is 0.783. The van der Waals surface area contributed by atoms with Crippen LogP contribution in [0.2, 0.25) is 5.02 Å². The van der Waals surface area contributed by atoms with E-state index in [1.807, 2.05) is 13.8 Å². The lowest BCUT2D eigenvalue weighted by molar-refractivity contribution is -0.117. The summed E-state index contributed by atoms with van der Waals surface area (Å²) in [4.78, 5) is 27.1. The van der Waals surface area contributed by atoms with Crippen molar-refractivity contribution in [3.05, 3.63) is 38.3 Å². The summed E-state index contributed by atoms with van der Waals surface area (Å²) in [5.74, 6) is -0.101. The van der Waals surface area contributed by atoms with E-state index < -0.39 is 0 Å². The molecule has 0 radical (unpaired) electrons. The van der Waals surface area contributed by atoms with Crippen LogP contribution in [0, 0.1) is 0 Å². The maximum Gasteiger partial charge on any atom is 0.261 e. The summed E-state index contributed by atoms with van der Waals surface area (Å²) in [6.45, 7) is 5.23. The number of ether oxygens (including phenoxy) is 1. The third kappa shape index (κ3) is 6.18. The van der Waals surface area contributed by atoms with Crippen molar-refractivity contribution in [1.82, 2.24) is 9.55 Å². The number of Topliss-reactive ketones (excluding diaryl/α,β-unsaturated/α-hetero) is 1. The van der Waals surface area contributed by atoms with Gasteiger partial charge in [0.1, 0.15) is 5.78 Å². The van der Waals surface area contributed by atoms with Crippen molar-refractivity contribution in [3.63, 3.8) is 0 Å². The average Bonchev–Trinajstić information content (AvgIpc) is 2.58. The highest BCUT2D eigenvalue weighted by Gasteiger charge is 2.09. The number of aromatic nitrogens is 2. The SMILES string of the molecule is CC(=O)Cn1cnc2cc(Br)c(Cl)cc2c1=O.CC[C@H](O)[C@@H](C)OC. The van der Waals surface area contributed by atoms with Gasteiger partial charge in [-0.2, -0.15) is 0 Å². The summed E-state index contributed by atoms with van der Waals surface area (Å²) in [5, 5.41) is 9.85. The largest absolute Gasteiger partial charge is 0.390 e. The smallest absolute Gasteiger partial charge is 0.261 e. The number of benzene rings is 1. The van der Waals surface area contributed by atoms with E-state index in [9.17, 15) is 9.59 Å². The van der Waals surface area contributed by atoms with Crippen molar-refractivity contribution in [2.75, 3.05) is 7.11 Å². The molecule has 0 saturated carbocycles. The third-order valence-electron chi connectivity index (χ3n) is 3.59. The first-order valence-corrected chi connectivity index (χ1v) is 8.92. The number of ketones is 1. The highest BCUT2D eigenvalue weighted by atomic mass is 79.9. The Kier molecular flexibility index (Phi) is 8.71. The number of hydrogen-bond acceptors (Lipinski definition) is 5. The van der Waals surface area contributed by atoms with Gasteiger partial charge >= 0.3 is 0 Å². The Hall–Kier alpha value is -1.28. The molecule has 1 heterocycles. The van der Waals surface area contributed by atoms with Crippen molar-refractivity contribution < 1.29 is 14.6 Å². The fourth-order valence-corrected chi connectivity index (χ4v) is 2.49. The van der Waals surface area contributed by atoms with Gasteiger partial charge < -0.3 is 9.84 Å². The Labute approximate surface area is 159 Å². The van der Waals surface area contributed by atoms with Gasteiger partial charge in [-0.15, -0.1) is 0 Å². The third-order valence-corrected chi connectivity index (χ3v) is 4.79. The molecule has 0 bridgehead atoms. The fraction of sp³-hybridized carbons (Fsp3) is 0.471. The molecule has 0 aliphatic rings. The van der Waals surface area contributed by atoms with E-state index in [0.29, 0.717) is 20.4 Å². The number of carbonyl (C=O) groups is 1. The molecule has 2 rings (SSSR count). The van der Waals surface area contributed by atoms with Crippen LogP contribution >= 0.6 is 27.5 Å². The topological polar surface area (TPSA) is 81.4 Å². The summed E-state index contributed by atoms with van der Waals surface area (Å²) < 4.78 is 6.81. The predicted octanol–water partition coefficient (Wildman–Crippen LogP) is 3.19. The van der Waals surface area contributed by atoms with Crippen molar-refractivity contribution in [1.29, 1.82) is 0 Å². The molecule has 0 unspecified atom stereocenters. The zero-order chi connectivity index (χ0) is 19.1. The van der Waals surface area contributed by atoms with Crippen LogP contribution in [0.4, 0.5) is 0 Å². The summed E-state index contributed by atoms with van der Waals surface area (Å²) in [5.41, 5.74) is 0.283. The van der Waals surface area contributed by atoms with Gasteiger partial charge in [-0.25, -0.2) is 4.98 Å². The maximum absolute atomic E-state index is 12.0. The summed E-state index contributed by atoms with van der Waals surface area (Å²) in [7, 11) is 1.60. The van der Waals surface area contributed by atoms with Crippen molar-refractivity contribution in [3.8, 4) is 0 Å². The Morgan fingerprint density at radius 3 is 2.60 bits per heavy atom. The number of halogens is 2.